The first-order valence-electron chi connectivity index (χ1n) is 11.7. The lowest BCUT2D eigenvalue weighted by Crippen LogP contribution is -2.28. The number of hydrogen-bond donors (Lipinski definition) is 2. The van der Waals surface area contributed by atoms with Crippen LogP contribution in [-0.4, -0.2) is 22.3 Å². The molecule has 5 rings (SSSR count). The molecule has 0 radical (unpaired) electrons. The lowest BCUT2D eigenvalue weighted by Gasteiger charge is -2.20. The maximum atomic E-state index is 6.17. The molecular weight excluding hydrogens is 412 g/mol. The van der Waals surface area contributed by atoms with E-state index in [0.717, 1.165) is 43.4 Å². The number of allylic oxidation sites excluding steroid dienone is 3. The average molecular weight is 443 g/mol. The molecule has 2 aliphatic rings. The van der Waals surface area contributed by atoms with Gasteiger partial charge in [-0.15, -0.1) is 0 Å². The van der Waals surface area contributed by atoms with Crippen LogP contribution in [0.3, 0.4) is 0 Å². The summed E-state index contributed by atoms with van der Waals surface area (Å²) in [5.41, 5.74) is 12.8. The third-order valence-corrected chi connectivity index (χ3v) is 6.26. The Hall–Kier alpha value is -3.38. The van der Waals surface area contributed by atoms with Crippen molar-refractivity contribution in [3.05, 3.63) is 77.1 Å². The molecule has 0 spiro atoms. The first-order chi connectivity index (χ1) is 16.1. The van der Waals surface area contributed by atoms with Gasteiger partial charge in [0.2, 0.25) is 5.82 Å². The summed E-state index contributed by atoms with van der Waals surface area (Å²) in [5, 5.41) is 8.06. The predicted octanol–water partition coefficient (Wildman–Crippen LogP) is 5.53. The van der Waals surface area contributed by atoms with Crippen molar-refractivity contribution in [2.24, 2.45) is 0 Å². The highest BCUT2D eigenvalue weighted by Crippen LogP contribution is 2.42. The summed E-state index contributed by atoms with van der Waals surface area (Å²) in [6.45, 7) is 4.83. The fourth-order valence-electron chi connectivity index (χ4n) is 4.74. The fraction of sp³-hybridized carbons (Fsp3) is 0.333. The lowest BCUT2D eigenvalue weighted by atomic mass is 9.91. The van der Waals surface area contributed by atoms with Crippen LogP contribution in [0, 0.1) is 0 Å². The van der Waals surface area contributed by atoms with Gasteiger partial charge in [-0.2, -0.15) is 4.98 Å². The van der Waals surface area contributed by atoms with E-state index in [1.807, 2.05) is 32.0 Å². The molecule has 2 aliphatic carbocycles. The zero-order valence-corrected chi connectivity index (χ0v) is 19.2. The first-order valence-corrected chi connectivity index (χ1v) is 11.7. The van der Waals surface area contributed by atoms with E-state index in [-0.39, 0.29) is 6.10 Å². The van der Waals surface area contributed by atoms with Crippen molar-refractivity contribution in [1.82, 2.24) is 15.5 Å². The number of nitrogens with one attached hydrogen (secondary N) is 1. The summed E-state index contributed by atoms with van der Waals surface area (Å²) in [4.78, 5) is 4.72. The molecule has 6 heteroatoms. The number of nitrogens with two attached hydrogens (primary N) is 1. The molecule has 3 aromatic rings. The van der Waals surface area contributed by atoms with Crippen molar-refractivity contribution in [1.29, 1.82) is 0 Å². The lowest BCUT2D eigenvalue weighted by molar-refractivity contribution is 0.244. The Morgan fingerprint density at radius 1 is 1.15 bits per heavy atom. The van der Waals surface area contributed by atoms with Gasteiger partial charge in [-0.3, -0.25) is 0 Å². The summed E-state index contributed by atoms with van der Waals surface area (Å²) < 4.78 is 11.4. The van der Waals surface area contributed by atoms with Gasteiger partial charge in [0, 0.05) is 23.7 Å². The highest BCUT2D eigenvalue weighted by Gasteiger charge is 2.31. The van der Waals surface area contributed by atoms with Crippen LogP contribution in [0.5, 0.6) is 5.75 Å². The van der Waals surface area contributed by atoms with E-state index in [2.05, 4.69) is 46.9 Å². The van der Waals surface area contributed by atoms with Crippen LogP contribution in [0.2, 0.25) is 0 Å². The highest BCUT2D eigenvalue weighted by molar-refractivity contribution is 5.79. The summed E-state index contributed by atoms with van der Waals surface area (Å²) in [6.07, 6.45) is 6.53. The van der Waals surface area contributed by atoms with Gasteiger partial charge in [0.05, 0.1) is 11.8 Å². The van der Waals surface area contributed by atoms with Gasteiger partial charge in [-0.1, -0.05) is 41.6 Å². The maximum absolute atomic E-state index is 6.17. The molecule has 33 heavy (non-hydrogen) atoms. The standard InChI is InChI=1S/C27H30N4O2/c1-17(2)32-25-14-11-19(15-23(25)28)27-30-26(31-33-27)22-10-6-9-21-20(22)12-13-24(21)29-16-18-7-4-3-5-8-18/h3-5,7-8,10-11,14-15,17,24,29H,6,9,12-13,16,28H2,1-2H3/t24-/m0/s1. The minimum absolute atomic E-state index is 0.0614. The second-order valence-corrected chi connectivity index (χ2v) is 8.96. The SMILES string of the molecule is CC(C)Oc1ccc(-c2nc(C3=CCCC4=C3CC[C@@H]4NCc3ccccc3)no2)cc1N. The van der Waals surface area contributed by atoms with E-state index in [9.17, 15) is 0 Å². The molecule has 0 aliphatic heterocycles. The van der Waals surface area contributed by atoms with Crippen LogP contribution >= 0.6 is 0 Å². The Kier molecular flexibility index (Phi) is 6.01. The van der Waals surface area contributed by atoms with E-state index in [4.69, 9.17) is 20.0 Å². The molecule has 0 fully saturated rings. The van der Waals surface area contributed by atoms with E-state index in [1.54, 1.807) is 0 Å². The van der Waals surface area contributed by atoms with Crippen molar-refractivity contribution >= 4 is 11.3 Å². The number of benzene rings is 2. The average Bonchev–Trinajstić information content (AvgIpc) is 3.47. The molecular formula is C27H30N4O2. The van der Waals surface area contributed by atoms with Gasteiger partial charge in [-0.05, 0) is 74.4 Å². The number of rotatable bonds is 7. The molecule has 1 aromatic heterocycles. The van der Waals surface area contributed by atoms with Gasteiger partial charge in [0.15, 0.2) is 0 Å². The van der Waals surface area contributed by atoms with Crippen molar-refractivity contribution in [3.8, 4) is 17.2 Å². The molecule has 1 heterocycles. The number of anilines is 1. The van der Waals surface area contributed by atoms with Gasteiger partial charge in [0.1, 0.15) is 5.75 Å². The van der Waals surface area contributed by atoms with E-state index in [1.165, 1.54) is 16.7 Å². The monoisotopic (exact) mass is 442 g/mol. The van der Waals surface area contributed by atoms with E-state index >= 15 is 0 Å². The van der Waals surface area contributed by atoms with Gasteiger partial charge in [-0.25, -0.2) is 0 Å². The Morgan fingerprint density at radius 2 is 2.00 bits per heavy atom. The molecule has 0 saturated heterocycles. The fourth-order valence-corrected chi connectivity index (χ4v) is 4.74. The van der Waals surface area contributed by atoms with Gasteiger partial charge >= 0.3 is 0 Å². The first kappa shape index (κ1) is 21.5. The number of nitrogen functional groups attached to an aromatic ring is 1. The second-order valence-electron chi connectivity index (χ2n) is 8.96. The zero-order chi connectivity index (χ0) is 22.8. The Balaban J connectivity index is 1.33. The van der Waals surface area contributed by atoms with Crippen molar-refractivity contribution in [2.45, 2.75) is 58.2 Å². The molecule has 0 amide bonds. The third-order valence-electron chi connectivity index (χ3n) is 6.26. The molecule has 6 nitrogen and oxygen atoms in total. The molecule has 2 aromatic carbocycles. The number of nitrogens with zero attached hydrogens (tertiary/aromatic N) is 2. The zero-order valence-electron chi connectivity index (χ0n) is 19.2. The topological polar surface area (TPSA) is 86.2 Å². The van der Waals surface area contributed by atoms with Crippen LogP contribution in [0.4, 0.5) is 5.69 Å². The van der Waals surface area contributed by atoms with Crippen LogP contribution in [0.15, 0.2) is 70.3 Å². The number of hydrogen-bond acceptors (Lipinski definition) is 6. The van der Waals surface area contributed by atoms with Gasteiger partial charge < -0.3 is 20.3 Å². The summed E-state index contributed by atoms with van der Waals surface area (Å²) >= 11 is 0. The van der Waals surface area contributed by atoms with Crippen molar-refractivity contribution in [2.75, 3.05) is 5.73 Å². The third kappa shape index (κ3) is 4.57. The quantitative estimate of drug-likeness (QED) is 0.468. The minimum Gasteiger partial charge on any atom is -0.489 e. The molecule has 170 valence electrons. The van der Waals surface area contributed by atoms with E-state index in [0.29, 0.717) is 29.2 Å². The molecule has 0 unspecified atom stereocenters. The smallest absolute Gasteiger partial charge is 0.258 e. The molecule has 3 N–H and O–H groups in total. The highest BCUT2D eigenvalue weighted by atomic mass is 16.5. The Labute approximate surface area is 194 Å². The molecule has 0 saturated carbocycles. The predicted molar refractivity (Wildman–Crippen MR) is 130 cm³/mol. The second kappa shape index (κ2) is 9.24. The van der Waals surface area contributed by atoms with Gasteiger partial charge in [0.25, 0.3) is 5.89 Å². The maximum Gasteiger partial charge on any atom is 0.258 e. The largest absolute Gasteiger partial charge is 0.489 e. The number of ether oxygens (including phenoxy) is 1. The molecule has 1 atom stereocenters. The Morgan fingerprint density at radius 3 is 2.79 bits per heavy atom. The van der Waals surface area contributed by atoms with Crippen LogP contribution in [0.25, 0.3) is 17.0 Å². The summed E-state index contributed by atoms with van der Waals surface area (Å²) in [6, 6.07) is 16.6. The summed E-state index contributed by atoms with van der Waals surface area (Å²) in [5.74, 6) is 1.79. The van der Waals surface area contributed by atoms with Crippen LogP contribution in [-0.2, 0) is 6.54 Å². The van der Waals surface area contributed by atoms with Crippen molar-refractivity contribution < 1.29 is 9.26 Å². The minimum atomic E-state index is 0.0614. The summed E-state index contributed by atoms with van der Waals surface area (Å²) in [7, 11) is 0. The van der Waals surface area contributed by atoms with Crippen LogP contribution < -0.4 is 15.8 Å². The Bertz CT molecular complexity index is 1190. The van der Waals surface area contributed by atoms with Crippen molar-refractivity contribution in [3.63, 3.8) is 0 Å². The number of aromatic nitrogens is 2. The van der Waals surface area contributed by atoms with E-state index < -0.39 is 0 Å². The normalized spacial score (nSPS) is 17.9. The molecule has 0 bridgehead atoms. The van der Waals surface area contributed by atoms with Crippen LogP contribution in [0.1, 0.15) is 50.9 Å².